The number of hydrogen-bond acceptors (Lipinski definition) is 5. The number of thiazole rings is 1. The summed E-state index contributed by atoms with van der Waals surface area (Å²) in [5.74, 6) is 0.475. The van der Waals surface area contributed by atoms with Crippen molar-refractivity contribution in [3.05, 3.63) is 16.1 Å². The molecule has 21 heavy (non-hydrogen) atoms. The van der Waals surface area contributed by atoms with Crippen molar-refractivity contribution in [1.29, 1.82) is 0 Å². The predicted octanol–water partition coefficient (Wildman–Crippen LogP) is 1.65. The number of morpholine rings is 1. The van der Waals surface area contributed by atoms with E-state index in [1.54, 1.807) is 11.3 Å². The van der Waals surface area contributed by atoms with Crippen molar-refractivity contribution in [3.63, 3.8) is 0 Å². The van der Waals surface area contributed by atoms with Gasteiger partial charge in [0, 0.05) is 37.0 Å². The van der Waals surface area contributed by atoms with E-state index in [-0.39, 0.29) is 11.9 Å². The van der Waals surface area contributed by atoms with Gasteiger partial charge in [-0.2, -0.15) is 0 Å². The summed E-state index contributed by atoms with van der Waals surface area (Å²) >= 11 is 1.63. The van der Waals surface area contributed by atoms with Crippen molar-refractivity contribution in [2.75, 3.05) is 32.8 Å². The molecule has 1 saturated heterocycles. The van der Waals surface area contributed by atoms with Crippen LogP contribution in [-0.2, 0) is 16.0 Å². The third-order valence-corrected chi connectivity index (χ3v) is 4.64. The molecule has 1 aromatic rings. The first-order valence-corrected chi connectivity index (χ1v) is 8.46. The lowest BCUT2D eigenvalue weighted by Crippen LogP contribution is -2.46. The third kappa shape index (κ3) is 5.37. The van der Waals surface area contributed by atoms with Gasteiger partial charge >= 0.3 is 0 Å². The van der Waals surface area contributed by atoms with Gasteiger partial charge in [0.25, 0.3) is 0 Å². The summed E-state index contributed by atoms with van der Waals surface area (Å²) in [5, 5.41) is 6.14. The van der Waals surface area contributed by atoms with Crippen LogP contribution in [0.2, 0.25) is 0 Å². The van der Waals surface area contributed by atoms with Crippen LogP contribution >= 0.6 is 11.3 Å². The second kappa shape index (κ2) is 7.87. The molecule has 1 N–H and O–H groups in total. The van der Waals surface area contributed by atoms with Crippen LogP contribution in [0.15, 0.2) is 5.38 Å². The van der Waals surface area contributed by atoms with E-state index >= 15 is 0 Å². The van der Waals surface area contributed by atoms with E-state index in [4.69, 9.17) is 4.74 Å². The maximum atomic E-state index is 12.1. The second-order valence-corrected chi connectivity index (χ2v) is 6.78. The molecule has 1 aliphatic heterocycles. The van der Waals surface area contributed by atoms with Gasteiger partial charge in [-0.3, -0.25) is 9.69 Å². The summed E-state index contributed by atoms with van der Waals surface area (Å²) < 4.78 is 5.33. The van der Waals surface area contributed by atoms with Gasteiger partial charge in [-0.05, 0) is 6.92 Å². The monoisotopic (exact) mass is 311 g/mol. The van der Waals surface area contributed by atoms with Crippen molar-refractivity contribution in [1.82, 2.24) is 15.2 Å². The Morgan fingerprint density at radius 1 is 1.43 bits per heavy atom. The van der Waals surface area contributed by atoms with Gasteiger partial charge in [0.15, 0.2) is 0 Å². The highest BCUT2D eigenvalue weighted by Crippen LogP contribution is 2.19. The molecule has 0 bridgehead atoms. The van der Waals surface area contributed by atoms with Crippen molar-refractivity contribution < 1.29 is 9.53 Å². The molecule has 1 aromatic heterocycles. The quantitative estimate of drug-likeness (QED) is 0.868. The first kappa shape index (κ1) is 16.4. The topological polar surface area (TPSA) is 54.5 Å². The van der Waals surface area contributed by atoms with Crippen LogP contribution in [0.25, 0.3) is 0 Å². The normalized spacial score (nSPS) is 17.9. The first-order chi connectivity index (χ1) is 10.0. The van der Waals surface area contributed by atoms with Crippen LogP contribution in [0.4, 0.5) is 0 Å². The number of hydrogen-bond donors (Lipinski definition) is 1. The fourth-order valence-electron chi connectivity index (χ4n) is 2.38. The van der Waals surface area contributed by atoms with Crippen LogP contribution < -0.4 is 5.32 Å². The molecule has 1 fully saturated rings. The molecule has 2 rings (SSSR count). The molecule has 0 aliphatic carbocycles. The third-order valence-electron chi connectivity index (χ3n) is 3.45. The van der Waals surface area contributed by atoms with Gasteiger partial charge in [0.1, 0.15) is 0 Å². The Bertz CT molecular complexity index is 456. The Labute approximate surface area is 130 Å². The predicted molar refractivity (Wildman–Crippen MR) is 84.8 cm³/mol. The van der Waals surface area contributed by atoms with E-state index in [9.17, 15) is 4.79 Å². The van der Waals surface area contributed by atoms with E-state index in [0.717, 1.165) is 43.5 Å². The summed E-state index contributed by atoms with van der Waals surface area (Å²) in [6.07, 6.45) is 0.372. The van der Waals surface area contributed by atoms with Gasteiger partial charge < -0.3 is 10.1 Å². The highest BCUT2D eigenvalue weighted by Gasteiger charge is 2.16. The molecule has 0 saturated carbocycles. The molecule has 0 spiro atoms. The Kier molecular flexibility index (Phi) is 6.14. The zero-order valence-corrected chi connectivity index (χ0v) is 13.9. The van der Waals surface area contributed by atoms with Crippen LogP contribution in [0.1, 0.15) is 37.4 Å². The standard InChI is InChI=1S/C15H25N3O2S/c1-11(2)15-17-13(10-21-15)8-14(19)16-12(3)9-18-4-6-20-7-5-18/h10-12H,4-9H2,1-3H3,(H,16,19)/t12-/m0/s1. The fourth-order valence-corrected chi connectivity index (χ4v) is 3.21. The Balaban J connectivity index is 1.74. The van der Waals surface area contributed by atoms with Crippen LogP contribution in [0.5, 0.6) is 0 Å². The summed E-state index contributed by atoms with van der Waals surface area (Å²) in [5.41, 5.74) is 0.875. The second-order valence-electron chi connectivity index (χ2n) is 5.89. The van der Waals surface area contributed by atoms with Gasteiger partial charge in [-0.25, -0.2) is 4.98 Å². The average molecular weight is 311 g/mol. The number of amides is 1. The molecular weight excluding hydrogens is 286 g/mol. The highest BCUT2D eigenvalue weighted by molar-refractivity contribution is 7.09. The fraction of sp³-hybridized carbons (Fsp3) is 0.733. The van der Waals surface area contributed by atoms with E-state index < -0.39 is 0 Å². The molecule has 1 amide bonds. The van der Waals surface area contributed by atoms with Gasteiger partial charge in [-0.15, -0.1) is 11.3 Å². The summed E-state index contributed by atoms with van der Waals surface area (Å²) in [6, 6.07) is 0.152. The molecule has 6 heteroatoms. The number of aromatic nitrogens is 1. The lowest BCUT2D eigenvalue weighted by Gasteiger charge is -2.29. The minimum Gasteiger partial charge on any atom is -0.379 e. The van der Waals surface area contributed by atoms with Gasteiger partial charge in [-0.1, -0.05) is 13.8 Å². The molecule has 118 valence electrons. The summed E-state index contributed by atoms with van der Waals surface area (Å²) in [6.45, 7) is 10.6. The first-order valence-electron chi connectivity index (χ1n) is 7.58. The number of nitrogens with one attached hydrogen (secondary N) is 1. The minimum absolute atomic E-state index is 0.0522. The minimum atomic E-state index is 0.0522. The van der Waals surface area contributed by atoms with Crippen molar-refractivity contribution in [2.45, 2.75) is 39.2 Å². The van der Waals surface area contributed by atoms with Crippen molar-refractivity contribution in [3.8, 4) is 0 Å². The number of carbonyl (C=O) groups is 1. The van der Waals surface area contributed by atoms with Gasteiger partial charge in [0.2, 0.25) is 5.91 Å². The largest absolute Gasteiger partial charge is 0.379 e. The molecular formula is C15H25N3O2S. The molecule has 0 unspecified atom stereocenters. The van der Waals surface area contributed by atoms with E-state index in [1.807, 2.05) is 12.3 Å². The molecule has 5 nitrogen and oxygen atoms in total. The van der Waals surface area contributed by atoms with Crippen LogP contribution in [0, 0.1) is 0 Å². The van der Waals surface area contributed by atoms with Gasteiger partial charge in [0.05, 0.1) is 30.3 Å². The SMILES string of the molecule is CC(C)c1nc(CC(=O)N[C@@H](C)CN2CCOCC2)cs1. The zero-order chi connectivity index (χ0) is 15.2. The van der Waals surface area contributed by atoms with Crippen LogP contribution in [-0.4, -0.2) is 54.7 Å². The summed E-state index contributed by atoms with van der Waals surface area (Å²) in [7, 11) is 0. The van der Waals surface area contributed by atoms with Crippen LogP contribution in [0.3, 0.4) is 0 Å². The number of nitrogens with zero attached hydrogens (tertiary/aromatic N) is 2. The molecule has 0 aromatic carbocycles. The number of carbonyl (C=O) groups excluding carboxylic acids is 1. The Morgan fingerprint density at radius 2 is 2.14 bits per heavy atom. The number of ether oxygens (including phenoxy) is 1. The average Bonchev–Trinajstić information content (AvgIpc) is 2.88. The van der Waals surface area contributed by atoms with E-state index in [2.05, 4.69) is 29.0 Å². The Hall–Kier alpha value is -0.980. The maximum Gasteiger partial charge on any atom is 0.226 e. The van der Waals surface area contributed by atoms with Crippen molar-refractivity contribution in [2.24, 2.45) is 0 Å². The molecule has 1 aliphatic rings. The zero-order valence-electron chi connectivity index (χ0n) is 13.1. The van der Waals surface area contributed by atoms with E-state index in [1.165, 1.54) is 0 Å². The Morgan fingerprint density at radius 3 is 2.76 bits per heavy atom. The van der Waals surface area contributed by atoms with Crippen molar-refractivity contribution >= 4 is 17.2 Å². The van der Waals surface area contributed by atoms with E-state index in [0.29, 0.717) is 12.3 Å². The lowest BCUT2D eigenvalue weighted by atomic mass is 10.2. The molecule has 1 atom stereocenters. The number of rotatable bonds is 6. The lowest BCUT2D eigenvalue weighted by molar-refractivity contribution is -0.121. The summed E-state index contributed by atoms with van der Waals surface area (Å²) in [4.78, 5) is 18.9. The maximum absolute atomic E-state index is 12.1. The molecule has 2 heterocycles. The molecule has 0 radical (unpaired) electrons. The smallest absolute Gasteiger partial charge is 0.226 e. The highest BCUT2D eigenvalue weighted by atomic mass is 32.1.